The molecule has 4 nitrogen and oxygen atoms in total. The molecule has 0 amide bonds. The van der Waals surface area contributed by atoms with Crippen LogP contribution in [0.2, 0.25) is 10.0 Å². The first kappa shape index (κ1) is 28.0. The van der Waals surface area contributed by atoms with E-state index in [-0.39, 0.29) is 12.0 Å². The third kappa shape index (κ3) is 5.63. The maximum absolute atomic E-state index is 15.4. The van der Waals surface area contributed by atoms with Gasteiger partial charge in [0.25, 0.3) is 0 Å². The van der Waals surface area contributed by atoms with Gasteiger partial charge in [-0.2, -0.15) is 5.10 Å². The minimum Gasteiger partial charge on any atom is -0.456 e. The first-order valence-electron chi connectivity index (χ1n) is 14.4. The first-order chi connectivity index (χ1) is 21.0. The number of allylic oxidation sites excluding steroid dienone is 1. The minimum absolute atomic E-state index is 0.0734. The van der Waals surface area contributed by atoms with Gasteiger partial charge in [0.05, 0.1) is 11.8 Å². The van der Waals surface area contributed by atoms with Gasteiger partial charge >= 0.3 is 0 Å². The minimum atomic E-state index is -3.41. The summed E-state index contributed by atoms with van der Waals surface area (Å²) in [5.41, 5.74) is 5.98. The van der Waals surface area contributed by atoms with Crippen LogP contribution in [-0.2, 0) is 9.30 Å². The van der Waals surface area contributed by atoms with Gasteiger partial charge in [-0.25, -0.2) is 4.78 Å². The summed E-state index contributed by atoms with van der Waals surface area (Å²) >= 11 is 12.5. The van der Waals surface area contributed by atoms with Crippen LogP contribution >= 0.6 is 30.5 Å². The number of hydrazone groups is 1. The Morgan fingerprint density at radius 1 is 0.767 bits per heavy atom. The fraction of sp³-hybridized carbons (Fsp3) is 0.139. The smallest absolute Gasteiger partial charge is 0.238 e. The Morgan fingerprint density at radius 2 is 1.33 bits per heavy atom. The molecule has 3 aliphatic rings. The summed E-state index contributed by atoms with van der Waals surface area (Å²) in [6.07, 6.45) is 5.06. The molecule has 1 fully saturated rings. The Labute approximate surface area is 262 Å². The molecule has 7 heteroatoms. The van der Waals surface area contributed by atoms with E-state index in [1.165, 1.54) is 5.57 Å². The average Bonchev–Trinajstić information content (AvgIpc) is 3.45. The molecule has 1 saturated carbocycles. The van der Waals surface area contributed by atoms with Crippen LogP contribution in [0.1, 0.15) is 47.6 Å². The topological polar surface area (TPSA) is 41.9 Å². The predicted molar refractivity (Wildman–Crippen MR) is 178 cm³/mol. The molecular formula is C36H29Cl2N2O2P. The van der Waals surface area contributed by atoms with Crippen molar-refractivity contribution in [1.82, 2.24) is 4.78 Å². The maximum atomic E-state index is 15.4. The number of halogens is 2. The van der Waals surface area contributed by atoms with E-state index in [4.69, 9.17) is 33.0 Å². The van der Waals surface area contributed by atoms with Gasteiger partial charge in [-0.15, -0.1) is 0 Å². The first-order valence-corrected chi connectivity index (χ1v) is 17.0. The third-order valence-electron chi connectivity index (χ3n) is 8.17. The summed E-state index contributed by atoms with van der Waals surface area (Å²) < 4.78 is 23.7. The van der Waals surface area contributed by atoms with Crippen molar-refractivity contribution in [3.8, 4) is 0 Å². The van der Waals surface area contributed by atoms with Crippen molar-refractivity contribution >= 4 is 53.8 Å². The van der Waals surface area contributed by atoms with Crippen molar-refractivity contribution in [2.75, 3.05) is 0 Å². The number of benzene rings is 4. The normalized spacial score (nSPS) is 21.9. The van der Waals surface area contributed by atoms with Crippen LogP contribution in [0, 0.1) is 5.92 Å². The second kappa shape index (κ2) is 11.7. The van der Waals surface area contributed by atoms with E-state index in [2.05, 4.69) is 6.08 Å². The number of ether oxygens (including phenoxy) is 1. The lowest BCUT2D eigenvalue weighted by Gasteiger charge is -2.34. The van der Waals surface area contributed by atoms with Gasteiger partial charge in [-0.1, -0.05) is 108 Å². The SMILES string of the molecule is O=P1(N2N=C3/C(=C/c4ccc(Cl)cc4)CCC[C@@H]3[C@H]2c2ccc(Cl)cc2)C=C(c2ccccc2)OC(c2ccccc2)=C1. The molecule has 7 rings (SSSR count). The van der Waals surface area contributed by atoms with Crippen molar-refractivity contribution in [2.45, 2.75) is 25.3 Å². The molecule has 43 heavy (non-hydrogen) atoms. The molecule has 0 saturated heterocycles. The molecule has 2 atom stereocenters. The number of fused-ring (bicyclic) bond motifs is 1. The Kier molecular flexibility index (Phi) is 7.61. The lowest BCUT2D eigenvalue weighted by atomic mass is 9.78. The quantitative estimate of drug-likeness (QED) is 0.208. The van der Waals surface area contributed by atoms with E-state index in [9.17, 15) is 0 Å². The fourth-order valence-corrected chi connectivity index (χ4v) is 8.68. The maximum Gasteiger partial charge on any atom is 0.238 e. The van der Waals surface area contributed by atoms with E-state index in [1.807, 2.05) is 114 Å². The lowest BCUT2D eigenvalue weighted by molar-refractivity contribution is 0.313. The van der Waals surface area contributed by atoms with E-state index < -0.39 is 7.29 Å². The number of nitrogens with zero attached hydrogens (tertiary/aromatic N) is 2. The Balaban J connectivity index is 1.40. The highest BCUT2D eigenvalue weighted by Crippen LogP contribution is 2.65. The molecule has 4 aromatic carbocycles. The molecular weight excluding hydrogens is 594 g/mol. The van der Waals surface area contributed by atoms with Crippen LogP contribution in [-0.4, -0.2) is 10.5 Å². The molecule has 2 aliphatic heterocycles. The van der Waals surface area contributed by atoms with Gasteiger partial charge in [0.2, 0.25) is 7.29 Å². The zero-order valence-electron chi connectivity index (χ0n) is 23.3. The molecule has 1 aliphatic carbocycles. The molecule has 214 valence electrons. The predicted octanol–water partition coefficient (Wildman–Crippen LogP) is 10.9. The van der Waals surface area contributed by atoms with Crippen LogP contribution in [0.3, 0.4) is 0 Å². The summed E-state index contributed by atoms with van der Waals surface area (Å²) in [5.74, 6) is 4.76. The second-order valence-corrected chi connectivity index (χ2v) is 14.2. The summed E-state index contributed by atoms with van der Waals surface area (Å²) in [4.78, 5) is 0. The van der Waals surface area contributed by atoms with Gasteiger partial charge in [0, 0.05) is 38.7 Å². The zero-order chi connectivity index (χ0) is 29.4. The van der Waals surface area contributed by atoms with Crippen LogP contribution in [0.4, 0.5) is 0 Å². The van der Waals surface area contributed by atoms with Crippen molar-refractivity contribution in [1.29, 1.82) is 0 Å². The summed E-state index contributed by atoms with van der Waals surface area (Å²) in [6.45, 7) is 0. The highest BCUT2D eigenvalue weighted by Gasteiger charge is 2.48. The fourth-order valence-electron chi connectivity index (χ4n) is 6.13. The monoisotopic (exact) mass is 622 g/mol. The van der Waals surface area contributed by atoms with Crippen molar-refractivity contribution in [2.24, 2.45) is 11.0 Å². The van der Waals surface area contributed by atoms with E-state index in [1.54, 1.807) is 11.6 Å². The Morgan fingerprint density at radius 3 is 1.91 bits per heavy atom. The van der Waals surface area contributed by atoms with Crippen LogP contribution in [0.25, 0.3) is 17.6 Å². The van der Waals surface area contributed by atoms with E-state index in [0.717, 1.165) is 47.2 Å². The second-order valence-electron chi connectivity index (χ2n) is 11.0. The molecule has 0 spiro atoms. The summed E-state index contributed by atoms with van der Waals surface area (Å²) in [5, 5.41) is 6.62. The van der Waals surface area contributed by atoms with Crippen molar-refractivity contribution in [3.05, 3.63) is 159 Å². The van der Waals surface area contributed by atoms with Gasteiger partial charge in [0.1, 0.15) is 11.5 Å². The zero-order valence-corrected chi connectivity index (χ0v) is 25.7. The van der Waals surface area contributed by atoms with E-state index in [0.29, 0.717) is 21.6 Å². The lowest BCUT2D eigenvalue weighted by Crippen LogP contribution is -2.27. The standard InChI is InChI=1S/C36H29Cl2N2O2P/c37-30-18-14-25(15-19-30)22-29-12-7-13-32-35(29)39-40(36(32)28-16-20-31(38)21-17-28)43(41)23-33(26-8-3-1-4-9-26)42-34(24-43)27-10-5-2-6-11-27/h1-6,8-11,14-24,32,36H,7,12-13H2/b29-22+/t32-,36+/m0/s1. The number of hydrogen-bond donors (Lipinski definition) is 0. The Hall–Kier alpha value is -3.82. The van der Waals surface area contributed by atoms with Crippen molar-refractivity contribution in [3.63, 3.8) is 0 Å². The molecule has 0 bridgehead atoms. The summed E-state index contributed by atoms with van der Waals surface area (Å²) in [7, 11) is -3.41. The van der Waals surface area contributed by atoms with E-state index >= 15 is 4.57 Å². The summed E-state index contributed by atoms with van der Waals surface area (Å²) in [6, 6.07) is 35.1. The van der Waals surface area contributed by atoms with Gasteiger partial charge < -0.3 is 4.74 Å². The number of rotatable bonds is 5. The van der Waals surface area contributed by atoms with Gasteiger partial charge in [-0.05, 0) is 66.3 Å². The Bertz CT molecular complexity index is 1760. The highest BCUT2D eigenvalue weighted by molar-refractivity contribution is 7.68. The van der Waals surface area contributed by atoms with Gasteiger partial charge in [-0.3, -0.25) is 4.57 Å². The average molecular weight is 624 g/mol. The van der Waals surface area contributed by atoms with Gasteiger partial charge in [0.15, 0.2) is 0 Å². The molecule has 4 aromatic rings. The largest absolute Gasteiger partial charge is 0.456 e. The third-order valence-corrected chi connectivity index (χ3v) is 10.9. The molecule has 0 radical (unpaired) electrons. The molecule has 2 heterocycles. The molecule has 0 aromatic heterocycles. The highest BCUT2D eigenvalue weighted by atomic mass is 35.5. The van der Waals surface area contributed by atoms with Crippen LogP contribution < -0.4 is 0 Å². The molecule has 0 unspecified atom stereocenters. The number of hydrogen-bond acceptors (Lipinski definition) is 3. The molecule has 0 N–H and O–H groups in total. The van der Waals surface area contributed by atoms with Crippen molar-refractivity contribution < 1.29 is 9.30 Å². The van der Waals surface area contributed by atoms with Crippen LogP contribution in [0.15, 0.2) is 132 Å². The van der Waals surface area contributed by atoms with Crippen LogP contribution in [0.5, 0.6) is 0 Å².